The Hall–Kier alpha value is -1.49. The third-order valence-corrected chi connectivity index (χ3v) is 1.89. The molecule has 82 valence electrons. The molecule has 0 amide bonds. The van der Waals surface area contributed by atoms with E-state index in [1.54, 1.807) is 0 Å². The number of carboxylic acid groups (broad SMARTS) is 1. The number of carboxylic acids is 1. The number of aliphatic hydroxyl groups excluding tert-OH is 1. The summed E-state index contributed by atoms with van der Waals surface area (Å²) >= 11 is 0. The molecule has 0 aliphatic rings. The van der Waals surface area contributed by atoms with Gasteiger partial charge in [0.2, 0.25) is 6.43 Å². The fourth-order valence-electron chi connectivity index (χ4n) is 1.21. The van der Waals surface area contributed by atoms with Crippen molar-refractivity contribution in [1.29, 1.82) is 0 Å². The van der Waals surface area contributed by atoms with Crippen LogP contribution in [-0.4, -0.2) is 22.6 Å². The maximum absolute atomic E-state index is 12.0. The zero-order chi connectivity index (χ0) is 11.4. The third kappa shape index (κ3) is 3.28. The molecule has 5 heteroatoms. The van der Waals surface area contributed by atoms with Gasteiger partial charge in [0.1, 0.15) is 0 Å². The average Bonchev–Trinajstić information content (AvgIpc) is 2.16. The Morgan fingerprint density at radius 3 is 2.60 bits per heavy atom. The van der Waals surface area contributed by atoms with E-state index < -0.39 is 24.9 Å². The zero-order valence-electron chi connectivity index (χ0n) is 7.73. The number of alkyl halides is 2. The number of benzene rings is 1. The zero-order valence-corrected chi connectivity index (χ0v) is 7.73. The first-order valence-corrected chi connectivity index (χ1v) is 4.28. The van der Waals surface area contributed by atoms with Crippen LogP contribution in [0.15, 0.2) is 24.3 Å². The average molecular weight is 216 g/mol. The van der Waals surface area contributed by atoms with Crippen LogP contribution in [0.3, 0.4) is 0 Å². The van der Waals surface area contributed by atoms with Crippen molar-refractivity contribution in [3.63, 3.8) is 0 Å². The van der Waals surface area contributed by atoms with Crippen molar-refractivity contribution in [2.45, 2.75) is 19.0 Å². The molecular formula is C10H10F2O3. The number of carbonyl (C=O) groups is 1. The van der Waals surface area contributed by atoms with Gasteiger partial charge in [-0.2, -0.15) is 0 Å². The number of rotatable bonds is 4. The first-order chi connectivity index (χ1) is 7.00. The largest absolute Gasteiger partial charge is 0.479 e. The third-order valence-electron chi connectivity index (χ3n) is 1.89. The summed E-state index contributed by atoms with van der Waals surface area (Å²) in [7, 11) is 0. The van der Waals surface area contributed by atoms with Gasteiger partial charge in [-0.25, -0.2) is 13.6 Å². The SMILES string of the molecule is O=C(O)C(O)c1cccc(CC(F)F)c1. The highest BCUT2D eigenvalue weighted by Crippen LogP contribution is 2.16. The minimum atomic E-state index is -2.48. The monoisotopic (exact) mass is 216 g/mol. The maximum Gasteiger partial charge on any atom is 0.337 e. The Morgan fingerprint density at radius 2 is 2.07 bits per heavy atom. The Morgan fingerprint density at radius 1 is 1.40 bits per heavy atom. The summed E-state index contributed by atoms with van der Waals surface area (Å²) in [6.07, 6.45) is -4.59. The van der Waals surface area contributed by atoms with Crippen LogP contribution < -0.4 is 0 Å². The van der Waals surface area contributed by atoms with Crippen LogP contribution >= 0.6 is 0 Å². The van der Waals surface area contributed by atoms with Gasteiger partial charge in [0.05, 0.1) is 0 Å². The van der Waals surface area contributed by atoms with E-state index in [1.165, 1.54) is 24.3 Å². The van der Waals surface area contributed by atoms with Crippen molar-refractivity contribution in [2.75, 3.05) is 0 Å². The number of aliphatic carboxylic acids is 1. The molecule has 0 radical (unpaired) electrons. The van der Waals surface area contributed by atoms with E-state index in [0.717, 1.165) is 0 Å². The van der Waals surface area contributed by atoms with Gasteiger partial charge in [-0.3, -0.25) is 0 Å². The molecular weight excluding hydrogens is 206 g/mol. The van der Waals surface area contributed by atoms with Crippen LogP contribution in [0.2, 0.25) is 0 Å². The second-order valence-electron chi connectivity index (χ2n) is 3.08. The molecule has 1 aromatic rings. The normalized spacial score (nSPS) is 12.8. The van der Waals surface area contributed by atoms with Crippen molar-refractivity contribution >= 4 is 5.97 Å². The highest BCUT2D eigenvalue weighted by atomic mass is 19.3. The molecule has 0 spiro atoms. The Labute approximate surface area is 85.0 Å². The van der Waals surface area contributed by atoms with Crippen LogP contribution in [0.4, 0.5) is 8.78 Å². The molecule has 1 aromatic carbocycles. The van der Waals surface area contributed by atoms with E-state index in [9.17, 15) is 13.6 Å². The maximum atomic E-state index is 12.0. The molecule has 0 bridgehead atoms. The summed E-state index contributed by atoms with van der Waals surface area (Å²) in [5.74, 6) is -1.40. The predicted molar refractivity (Wildman–Crippen MR) is 48.7 cm³/mol. The molecule has 0 heterocycles. The Bertz CT molecular complexity index is 352. The number of halogens is 2. The Balaban J connectivity index is 2.87. The van der Waals surface area contributed by atoms with Gasteiger partial charge in [0.25, 0.3) is 0 Å². The highest BCUT2D eigenvalue weighted by Gasteiger charge is 2.16. The molecule has 0 saturated heterocycles. The summed E-state index contributed by atoms with van der Waals surface area (Å²) in [6.45, 7) is 0. The lowest BCUT2D eigenvalue weighted by molar-refractivity contribution is -0.146. The number of hydrogen-bond donors (Lipinski definition) is 2. The van der Waals surface area contributed by atoms with E-state index >= 15 is 0 Å². The van der Waals surface area contributed by atoms with Crippen LogP contribution in [0, 0.1) is 0 Å². The topological polar surface area (TPSA) is 57.5 Å². The summed E-state index contributed by atoms with van der Waals surface area (Å²) < 4.78 is 24.1. The van der Waals surface area contributed by atoms with Crippen molar-refractivity contribution in [3.8, 4) is 0 Å². The predicted octanol–water partition coefficient (Wildman–Crippen LogP) is 1.61. The lowest BCUT2D eigenvalue weighted by Gasteiger charge is -2.07. The van der Waals surface area contributed by atoms with E-state index in [2.05, 4.69) is 0 Å². The molecule has 0 aromatic heterocycles. The number of aliphatic hydroxyl groups is 1. The minimum Gasteiger partial charge on any atom is -0.479 e. The van der Waals surface area contributed by atoms with Crippen molar-refractivity contribution in [3.05, 3.63) is 35.4 Å². The lowest BCUT2D eigenvalue weighted by atomic mass is 10.0. The molecule has 0 fully saturated rings. The van der Waals surface area contributed by atoms with Crippen molar-refractivity contribution in [2.24, 2.45) is 0 Å². The highest BCUT2D eigenvalue weighted by molar-refractivity contribution is 5.74. The standard InChI is InChI=1S/C10H10F2O3/c11-8(12)5-6-2-1-3-7(4-6)9(13)10(14)15/h1-4,8-9,13H,5H2,(H,14,15). The second-order valence-corrected chi connectivity index (χ2v) is 3.08. The summed E-state index contributed by atoms with van der Waals surface area (Å²) in [5, 5.41) is 17.7. The van der Waals surface area contributed by atoms with Crippen molar-refractivity contribution < 1.29 is 23.8 Å². The van der Waals surface area contributed by atoms with Gasteiger partial charge < -0.3 is 10.2 Å². The van der Waals surface area contributed by atoms with Gasteiger partial charge in [-0.05, 0) is 11.1 Å². The number of hydrogen-bond acceptors (Lipinski definition) is 2. The van der Waals surface area contributed by atoms with Gasteiger partial charge >= 0.3 is 5.97 Å². The smallest absolute Gasteiger partial charge is 0.337 e. The summed E-state index contributed by atoms with van der Waals surface area (Å²) in [5.41, 5.74) is 0.420. The fraction of sp³-hybridized carbons (Fsp3) is 0.300. The summed E-state index contributed by atoms with van der Waals surface area (Å²) in [6, 6.07) is 5.56. The molecule has 1 atom stereocenters. The van der Waals surface area contributed by atoms with Crippen molar-refractivity contribution in [1.82, 2.24) is 0 Å². The summed E-state index contributed by atoms with van der Waals surface area (Å²) in [4.78, 5) is 10.4. The molecule has 1 unspecified atom stereocenters. The van der Waals surface area contributed by atoms with Gasteiger partial charge in [0, 0.05) is 6.42 Å². The molecule has 0 saturated carbocycles. The quantitative estimate of drug-likeness (QED) is 0.803. The van der Waals surface area contributed by atoms with Crippen LogP contribution in [0.5, 0.6) is 0 Å². The molecule has 2 N–H and O–H groups in total. The molecule has 15 heavy (non-hydrogen) atoms. The van der Waals surface area contributed by atoms with Crippen LogP contribution in [0.25, 0.3) is 0 Å². The van der Waals surface area contributed by atoms with E-state index in [1.807, 2.05) is 0 Å². The first-order valence-electron chi connectivity index (χ1n) is 4.28. The van der Waals surface area contributed by atoms with E-state index in [-0.39, 0.29) is 5.56 Å². The van der Waals surface area contributed by atoms with Gasteiger partial charge in [-0.1, -0.05) is 24.3 Å². The molecule has 1 rings (SSSR count). The van der Waals surface area contributed by atoms with Crippen LogP contribution in [0.1, 0.15) is 17.2 Å². The van der Waals surface area contributed by atoms with Gasteiger partial charge in [-0.15, -0.1) is 0 Å². The van der Waals surface area contributed by atoms with Crippen LogP contribution in [-0.2, 0) is 11.2 Å². The van der Waals surface area contributed by atoms with Gasteiger partial charge in [0.15, 0.2) is 6.10 Å². The Kier molecular flexibility index (Phi) is 3.74. The first kappa shape index (κ1) is 11.6. The molecule has 3 nitrogen and oxygen atoms in total. The molecule has 0 aliphatic heterocycles. The van der Waals surface area contributed by atoms with E-state index in [4.69, 9.17) is 10.2 Å². The molecule has 0 aliphatic carbocycles. The lowest BCUT2D eigenvalue weighted by Crippen LogP contribution is -2.10. The van der Waals surface area contributed by atoms with E-state index in [0.29, 0.717) is 5.56 Å². The second kappa shape index (κ2) is 4.84. The minimum absolute atomic E-state index is 0.112. The fourth-order valence-corrected chi connectivity index (χ4v) is 1.21.